The highest BCUT2D eigenvalue weighted by molar-refractivity contribution is 5.78. The summed E-state index contributed by atoms with van der Waals surface area (Å²) in [4.78, 5) is 13.7. The first-order chi connectivity index (χ1) is 7.15. The zero-order chi connectivity index (χ0) is 11.3. The Balaban J connectivity index is 2.37. The van der Waals surface area contributed by atoms with Crippen molar-refractivity contribution in [2.75, 3.05) is 27.3 Å². The summed E-state index contributed by atoms with van der Waals surface area (Å²) in [6, 6.07) is 0.212. The Labute approximate surface area is 91.8 Å². The van der Waals surface area contributed by atoms with E-state index in [1.165, 1.54) is 0 Å². The van der Waals surface area contributed by atoms with Crippen LogP contribution >= 0.6 is 0 Å². The number of hydrogen-bond acceptors (Lipinski definition) is 3. The number of nitrogens with two attached hydrogens (primary N) is 1. The van der Waals surface area contributed by atoms with E-state index in [0.29, 0.717) is 13.2 Å². The molecule has 0 saturated heterocycles. The van der Waals surface area contributed by atoms with E-state index in [0.717, 1.165) is 25.7 Å². The normalized spacial score (nSPS) is 26.3. The summed E-state index contributed by atoms with van der Waals surface area (Å²) in [5, 5.41) is 0. The third-order valence-corrected chi connectivity index (χ3v) is 3.07. The molecule has 15 heavy (non-hydrogen) atoms. The summed E-state index contributed by atoms with van der Waals surface area (Å²) < 4.78 is 4.95. The van der Waals surface area contributed by atoms with Gasteiger partial charge in [-0.05, 0) is 19.3 Å². The molecule has 1 aliphatic carbocycles. The number of hydrogen-bond donors (Lipinski definition) is 1. The van der Waals surface area contributed by atoms with Crippen LogP contribution in [0, 0.1) is 5.92 Å². The van der Waals surface area contributed by atoms with Gasteiger partial charge in [-0.3, -0.25) is 4.79 Å². The summed E-state index contributed by atoms with van der Waals surface area (Å²) in [6.07, 6.45) is 3.97. The summed E-state index contributed by atoms with van der Waals surface area (Å²) >= 11 is 0. The molecule has 4 nitrogen and oxygen atoms in total. The van der Waals surface area contributed by atoms with Crippen LogP contribution in [0.5, 0.6) is 0 Å². The Morgan fingerprint density at radius 3 is 2.87 bits per heavy atom. The van der Waals surface area contributed by atoms with Gasteiger partial charge in [0.15, 0.2) is 0 Å². The molecular weight excluding hydrogens is 192 g/mol. The van der Waals surface area contributed by atoms with Crippen LogP contribution in [-0.4, -0.2) is 44.2 Å². The Hall–Kier alpha value is -0.610. The second-order valence-corrected chi connectivity index (χ2v) is 4.38. The third-order valence-electron chi connectivity index (χ3n) is 3.07. The van der Waals surface area contributed by atoms with Gasteiger partial charge in [0.1, 0.15) is 0 Å². The number of rotatable bonds is 4. The molecule has 0 radical (unpaired) electrons. The lowest BCUT2D eigenvalue weighted by Crippen LogP contribution is -2.39. The van der Waals surface area contributed by atoms with Gasteiger partial charge in [-0.2, -0.15) is 0 Å². The Kier molecular flexibility index (Phi) is 5.05. The van der Waals surface area contributed by atoms with Gasteiger partial charge in [-0.25, -0.2) is 0 Å². The zero-order valence-electron chi connectivity index (χ0n) is 9.74. The van der Waals surface area contributed by atoms with Gasteiger partial charge in [0.2, 0.25) is 5.91 Å². The second kappa shape index (κ2) is 6.08. The van der Waals surface area contributed by atoms with E-state index in [1.54, 1.807) is 12.0 Å². The summed E-state index contributed by atoms with van der Waals surface area (Å²) in [7, 11) is 3.48. The molecule has 0 heterocycles. The van der Waals surface area contributed by atoms with Crippen molar-refractivity contribution in [3.63, 3.8) is 0 Å². The van der Waals surface area contributed by atoms with Gasteiger partial charge in [0.25, 0.3) is 0 Å². The van der Waals surface area contributed by atoms with Crippen molar-refractivity contribution in [3.8, 4) is 0 Å². The van der Waals surface area contributed by atoms with Crippen molar-refractivity contribution >= 4 is 5.91 Å². The summed E-state index contributed by atoms with van der Waals surface area (Å²) in [5.74, 6) is 0.359. The fourth-order valence-corrected chi connectivity index (χ4v) is 2.10. The molecule has 88 valence electrons. The summed E-state index contributed by atoms with van der Waals surface area (Å²) in [5.41, 5.74) is 5.87. The first-order valence-corrected chi connectivity index (χ1v) is 5.64. The van der Waals surface area contributed by atoms with Crippen molar-refractivity contribution in [3.05, 3.63) is 0 Å². The van der Waals surface area contributed by atoms with Crippen molar-refractivity contribution < 1.29 is 9.53 Å². The molecule has 1 rings (SSSR count). The standard InChI is InChI=1S/C11H22N2O2/c1-13(6-7-15-2)11(14)9-4-3-5-10(12)8-9/h9-10H,3-8,12H2,1-2H3. The molecule has 0 bridgehead atoms. The third kappa shape index (κ3) is 3.80. The van der Waals surface area contributed by atoms with Gasteiger partial charge in [-0.15, -0.1) is 0 Å². The molecule has 2 N–H and O–H groups in total. The quantitative estimate of drug-likeness (QED) is 0.746. The second-order valence-electron chi connectivity index (χ2n) is 4.38. The molecule has 4 heteroatoms. The highest BCUT2D eigenvalue weighted by atomic mass is 16.5. The molecule has 0 spiro atoms. The number of ether oxygens (including phenoxy) is 1. The molecule has 1 aliphatic rings. The van der Waals surface area contributed by atoms with Crippen LogP contribution in [0.4, 0.5) is 0 Å². The number of amides is 1. The lowest BCUT2D eigenvalue weighted by atomic mass is 9.85. The molecule has 1 saturated carbocycles. The van der Waals surface area contributed by atoms with Crippen LogP contribution in [0.3, 0.4) is 0 Å². The van der Waals surface area contributed by atoms with Crippen LogP contribution in [0.15, 0.2) is 0 Å². The van der Waals surface area contributed by atoms with Gasteiger partial charge in [0, 0.05) is 32.7 Å². The molecule has 0 aromatic carbocycles. The van der Waals surface area contributed by atoms with E-state index in [2.05, 4.69) is 0 Å². The Morgan fingerprint density at radius 1 is 1.53 bits per heavy atom. The largest absolute Gasteiger partial charge is 0.383 e. The molecule has 2 atom stereocenters. The molecule has 1 fully saturated rings. The van der Waals surface area contributed by atoms with Gasteiger partial charge in [0.05, 0.1) is 6.61 Å². The van der Waals surface area contributed by atoms with E-state index in [-0.39, 0.29) is 17.9 Å². The van der Waals surface area contributed by atoms with Crippen molar-refractivity contribution in [2.24, 2.45) is 11.7 Å². The maximum Gasteiger partial charge on any atom is 0.225 e. The maximum atomic E-state index is 12.0. The van der Waals surface area contributed by atoms with E-state index in [4.69, 9.17) is 10.5 Å². The lowest BCUT2D eigenvalue weighted by Gasteiger charge is -2.29. The minimum absolute atomic E-state index is 0.135. The number of methoxy groups -OCH3 is 1. The minimum Gasteiger partial charge on any atom is -0.383 e. The molecule has 2 unspecified atom stereocenters. The minimum atomic E-state index is 0.135. The number of likely N-dealkylation sites (N-methyl/N-ethyl adjacent to an activating group) is 1. The average Bonchev–Trinajstić information content (AvgIpc) is 2.24. The highest BCUT2D eigenvalue weighted by Gasteiger charge is 2.27. The Morgan fingerprint density at radius 2 is 2.27 bits per heavy atom. The van der Waals surface area contributed by atoms with Gasteiger partial charge in [-0.1, -0.05) is 6.42 Å². The van der Waals surface area contributed by atoms with Crippen molar-refractivity contribution in [2.45, 2.75) is 31.7 Å². The molecule has 0 aromatic rings. The van der Waals surface area contributed by atoms with Gasteiger partial charge < -0.3 is 15.4 Å². The van der Waals surface area contributed by atoms with Crippen LogP contribution in [0.1, 0.15) is 25.7 Å². The predicted molar refractivity (Wildman–Crippen MR) is 59.4 cm³/mol. The van der Waals surface area contributed by atoms with Crippen molar-refractivity contribution in [1.82, 2.24) is 4.90 Å². The van der Waals surface area contributed by atoms with E-state index >= 15 is 0 Å². The number of nitrogens with zero attached hydrogens (tertiary/aromatic N) is 1. The van der Waals surface area contributed by atoms with Crippen LogP contribution < -0.4 is 5.73 Å². The van der Waals surface area contributed by atoms with E-state index in [9.17, 15) is 4.79 Å². The molecular formula is C11H22N2O2. The number of carbonyl (C=O) groups is 1. The highest BCUT2D eigenvalue weighted by Crippen LogP contribution is 2.24. The number of carbonyl (C=O) groups excluding carboxylic acids is 1. The maximum absolute atomic E-state index is 12.0. The SMILES string of the molecule is COCCN(C)C(=O)C1CCCC(N)C1. The van der Waals surface area contributed by atoms with E-state index < -0.39 is 0 Å². The van der Waals surface area contributed by atoms with Gasteiger partial charge >= 0.3 is 0 Å². The fraction of sp³-hybridized carbons (Fsp3) is 0.909. The molecule has 1 amide bonds. The van der Waals surface area contributed by atoms with Crippen molar-refractivity contribution in [1.29, 1.82) is 0 Å². The molecule has 0 aliphatic heterocycles. The van der Waals surface area contributed by atoms with Crippen LogP contribution in [0.25, 0.3) is 0 Å². The zero-order valence-corrected chi connectivity index (χ0v) is 9.74. The predicted octanol–water partition coefficient (Wildman–Crippen LogP) is 0.609. The first kappa shape index (κ1) is 12.5. The first-order valence-electron chi connectivity index (χ1n) is 5.64. The monoisotopic (exact) mass is 214 g/mol. The van der Waals surface area contributed by atoms with Crippen LogP contribution in [0.2, 0.25) is 0 Å². The Bertz CT molecular complexity index is 209. The lowest BCUT2D eigenvalue weighted by molar-refractivity contribution is -0.135. The van der Waals surface area contributed by atoms with E-state index in [1.807, 2.05) is 7.05 Å². The topological polar surface area (TPSA) is 55.6 Å². The molecule has 0 aromatic heterocycles. The average molecular weight is 214 g/mol. The smallest absolute Gasteiger partial charge is 0.225 e. The van der Waals surface area contributed by atoms with Crippen LogP contribution in [-0.2, 0) is 9.53 Å². The summed E-state index contributed by atoms with van der Waals surface area (Å²) in [6.45, 7) is 1.27. The fourth-order valence-electron chi connectivity index (χ4n) is 2.10.